The summed E-state index contributed by atoms with van der Waals surface area (Å²) in [7, 11) is 0. The number of rotatable bonds is 6. The zero-order valence-electron chi connectivity index (χ0n) is 19.4. The number of urea groups is 1. The van der Waals surface area contributed by atoms with Crippen molar-refractivity contribution in [2.24, 2.45) is 0 Å². The normalized spacial score (nSPS) is 14.0. The fraction of sp³-hybridized carbons (Fsp3) is 0.320. The molecule has 1 aliphatic rings. The van der Waals surface area contributed by atoms with Crippen LogP contribution < -0.4 is 16.2 Å². The van der Waals surface area contributed by atoms with Crippen molar-refractivity contribution < 1.29 is 9.59 Å². The molecule has 2 aromatic carbocycles. The fourth-order valence-corrected chi connectivity index (χ4v) is 5.17. The lowest BCUT2D eigenvalue weighted by molar-refractivity contribution is -0.117. The Hall–Kier alpha value is -3.66. The SMILES string of the molecule is Cc1ccc(Cn2c(=O)c3ccccc3n3c(SCC(=O)NC(=O)NC4CCCC4)nnc23)cc1. The third kappa shape index (κ3) is 4.93. The number of amides is 3. The van der Waals surface area contributed by atoms with Crippen molar-refractivity contribution in [2.75, 3.05) is 5.75 Å². The minimum atomic E-state index is -0.467. The monoisotopic (exact) mass is 490 g/mol. The minimum Gasteiger partial charge on any atom is -0.335 e. The summed E-state index contributed by atoms with van der Waals surface area (Å²) in [4.78, 5) is 37.8. The summed E-state index contributed by atoms with van der Waals surface area (Å²) < 4.78 is 3.39. The number of carbonyl (C=O) groups is 2. The van der Waals surface area contributed by atoms with Crippen LogP contribution in [0.2, 0.25) is 0 Å². The Kier molecular flexibility index (Phi) is 6.54. The Morgan fingerprint density at radius 1 is 1.06 bits per heavy atom. The van der Waals surface area contributed by atoms with Crippen molar-refractivity contribution in [1.29, 1.82) is 0 Å². The van der Waals surface area contributed by atoms with Gasteiger partial charge in [-0.05, 0) is 37.5 Å². The van der Waals surface area contributed by atoms with Crippen LogP contribution in [0.15, 0.2) is 58.5 Å². The lowest BCUT2D eigenvalue weighted by Gasteiger charge is -2.12. The second-order valence-electron chi connectivity index (χ2n) is 8.80. The summed E-state index contributed by atoms with van der Waals surface area (Å²) in [5.41, 5.74) is 2.62. The van der Waals surface area contributed by atoms with E-state index in [0.29, 0.717) is 28.4 Å². The Labute approximate surface area is 205 Å². The molecule has 0 unspecified atom stereocenters. The molecule has 10 heteroatoms. The molecule has 0 aliphatic heterocycles. The maximum atomic E-state index is 13.3. The number of aryl methyl sites for hydroxylation is 1. The summed E-state index contributed by atoms with van der Waals surface area (Å²) in [6, 6.07) is 14.9. The third-order valence-corrected chi connectivity index (χ3v) is 7.14. The maximum Gasteiger partial charge on any atom is 0.321 e. The van der Waals surface area contributed by atoms with Gasteiger partial charge in [-0.25, -0.2) is 4.79 Å². The fourth-order valence-electron chi connectivity index (χ4n) is 4.43. The van der Waals surface area contributed by atoms with Crippen molar-refractivity contribution in [1.82, 2.24) is 29.8 Å². The standard InChI is InChI=1S/C25H26N6O3S/c1-16-10-12-17(13-11-16)14-30-22(33)19-8-4-5-9-20(19)31-24(30)28-29-25(31)35-15-21(32)27-23(34)26-18-6-2-3-7-18/h4-5,8-13,18H,2-3,6-7,14-15H2,1H3,(H2,26,27,32,34). The van der Waals surface area contributed by atoms with Gasteiger partial charge in [0.05, 0.1) is 23.2 Å². The first kappa shape index (κ1) is 23.1. The van der Waals surface area contributed by atoms with Crippen molar-refractivity contribution in [2.45, 2.75) is 50.4 Å². The number of nitrogens with one attached hydrogen (secondary N) is 2. The summed E-state index contributed by atoms with van der Waals surface area (Å²) in [5.74, 6) is -0.0275. The lowest BCUT2D eigenvalue weighted by Crippen LogP contribution is -2.44. The van der Waals surface area contributed by atoms with Gasteiger partial charge in [0.2, 0.25) is 11.7 Å². The number of thioether (sulfide) groups is 1. The first-order chi connectivity index (χ1) is 17.0. The maximum absolute atomic E-state index is 13.3. The van der Waals surface area contributed by atoms with Crippen molar-refractivity contribution in [3.63, 3.8) is 0 Å². The number of aromatic nitrogens is 4. The molecule has 35 heavy (non-hydrogen) atoms. The van der Waals surface area contributed by atoms with E-state index in [1.165, 1.54) is 11.8 Å². The van der Waals surface area contributed by atoms with E-state index in [1.807, 2.05) is 49.4 Å². The van der Waals surface area contributed by atoms with Crippen LogP contribution in [0.1, 0.15) is 36.8 Å². The third-order valence-electron chi connectivity index (χ3n) is 6.22. The van der Waals surface area contributed by atoms with Gasteiger partial charge in [-0.1, -0.05) is 66.6 Å². The second-order valence-corrected chi connectivity index (χ2v) is 9.75. The Morgan fingerprint density at radius 2 is 1.80 bits per heavy atom. The van der Waals surface area contributed by atoms with Gasteiger partial charge < -0.3 is 5.32 Å². The summed E-state index contributed by atoms with van der Waals surface area (Å²) >= 11 is 1.17. The van der Waals surface area contributed by atoms with Crippen LogP contribution in [0, 0.1) is 6.92 Å². The number of hydrogen-bond donors (Lipinski definition) is 2. The predicted octanol–water partition coefficient (Wildman–Crippen LogP) is 3.26. The van der Waals surface area contributed by atoms with Gasteiger partial charge in [-0.15, -0.1) is 10.2 Å². The summed E-state index contributed by atoms with van der Waals surface area (Å²) in [6.45, 7) is 2.36. The molecule has 9 nitrogen and oxygen atoms in total. The molecule has 0 atom stereocenters. The van der Waals surface area contributed by atoms with E-state index < -0.39 is 11.9 Å². The molecule has 4 aromatic rings. The average Bonchev–Trinajstić information content (AvgIpc) is 3.51. The zero-order chi connectivity index (χ0) is 24.4. The number of benzene rings is 2. The topological polar surface area (TPSA) is 110 Å². The van der Waals surface area contributed by atoms with Gasteiger partial charge in [0.25, 0.3) is 5.56 Å². The second kappa shape index (κ2) is 9.91. The highest BCUT2D eigenvalue weighted by molar-refractivity contribution is 7.99. The van der Waals surface area contributed by atoms with E-state index in [0.717, 1.165) is 36.8 Å². The average molecular weight is 491 g/mol. The van der Waals surface area contributed by atoms with Gasteiger partial charge in [0.15, 0.2) is 5.16 Å². The Balaban J connectivity index is 1.41. The number of nitrogens with zero attached hydrogens (tertiary/aromatic N) is 4. The van der Waals surface area contributed by atoms with Gasteiger partial charge in [0, 0.05) is 6.04 Å². The van der Waals surface area contributed by atoms with Gasteiger partial charge in [0.1, 0.15) is 0 Å². The molecule has 180 valence electrons. The Morgan fingerprint density at radius 3 is 2.57 bits per heavy atom. The molecule has 2 aromatic heterocycles. The number of carbonyl (C=O) groups excluding carboxylic acids is 2. The first-order valence-corrected chi connectivity index (χ1v) is 12.6. The molecular weight excluding hydrogens is 464 g/mol. The molecular formula is C25H26N6O3S. The number of imide groups is 1. The van der Waals surface area contributed by atoms with Crippen LogP contribution in [0.5, 0.6) is 0 Å². The lowest BCUT2D eigenvalue weighted by atomic mass is 10.1. The predicted molar refractivity (Wildman–Crippen MR) is 135 cm³/mol. The number of hydrogen-bond acceptors (Lipinski definition) is 6. The quantitative estimate of drug-likeness (QED) is 0.402. The van der Waals surface area contributed by atoms with Crippen LogP contribution in [0.4, 0.5) is 4.79 Å². The van der Waals surface area contributed by atoms with E-state index in [9.17, 15) is 14.4 Å². The highest BCUT2D eigenvalue weighted by Gasteiger charge is 2.20. The van der Waals surface area contributed by atoms with Crippen molar-refractivity contribution in [3.05, 3.63) is 70.0 Å². The molecule has 2 heterocycles. The smallest absolute Gasteiger partial charge is 0.321 e. The molecule has 3 amide bonds. The van der Waals surface area contributed by atoms with E-state index in [-0.39, 0.29) is 17.4 Å². The summed E-state index contributed by atoms with van der Waals surface area (Å²) in [5, 5.41) is 14.8. The van der Waals surface area contributed by atoms with E-state index in [1.54, 1.807) is 15.0 Å². The molecule has 0 bridgehead atoms. The number of para-hydroxylation sites is 1. The molecule has 0 saturated heterocycles. The largest absolute Gasteiger partial charge is 0.335 e. The van der Waals surface area contributed by atoms with Crippen LogP contribution in [-0.2, 0) is 11.3 Å². The molecule has 1 fully saturated rings. The van der Waals surface area contributed by atoms with Gasteiger partial charge in [-0.2, -0.15) is 0 Å². The molecule has 5 rings (SSSR count). The first-order valence-electron chi connectivity index (χ1n) is 11.6. The van der Waals surface area contributed by atoms with Crippen LogP contribution in [-0.4, -0.2) is 42.9 Å². The molecule has 0 radical (unpaired) electrons. The van der Waals surface area contributed by atoms with Crippen molar-refractivity contribution >= 4 is 40.4 Å². The van der Waals surface area contributed by atoms with Gasteiger partial charge >= 0.3 is 6.03 Å². The summed E-state index contributed by atoms with van der Waals surface area (Å²) in [6.07, 6.45) is 4.08. The molecule has 1 saturated carbocycles. The molecule has 0 spiro atoms. The zero-order valence-corrected chi connectivity index (χ0v) is 20.2. The van der Waals surface area contributed by atoms with Crippen LogP contribution >= 0.6 is 11.8 Å². The van der Waals surface area contributed by atoms with Gasteiger partial charge in [-0.3, -0.25) is 23.9 Å². The minimum absolute atomic E-state index is 0.00963. The highest BCUT2D eigenvalue weighted by Crippen LogP contribution is 2.22. The van der Waals surface area contributed by atoms with E-state index >= 15 is 0 Å². The number of fused-ring (bicyclic) bond motifs is 3. The van der Waals surface area contributed by atoms with Crippen LogP contribution in [0.3, 0.4) is 0 Å². The van der Waals surface area contributed by atoms with E-state index in [2.05, 4.69) is 20.8 Å². The molecule has 1 aliphatic carbocycles. The Bertz CT molecular complexity index is 1450. The van der Waals surface area contributed by atoms with Crippen molar-refractivity contribution in [3.8, 4) is 0 Å². The van der Waals surface area contributed by atoms with Crippen LogP contribution in [0.25, 0.3) is 16.7 Å². The van der Waals surface area contributed by atoms with E-state index in [4.69, 9.17) is 0 Å². The highest BCUT2D eigenvalue weighted by atomic mass is 32.2. The molecule has 2 N–H and O–H groups in total.